The maximum absolute atomic E-state index is 12.5. The highest BCUT2D eigenvalue weighted by atomic mass is 19.4. The molecule has 0 amide bonds. The van der Waals surface area contributed by atoms with E-state index < -0.39 is 11.7 Å². The third-order valence-electron chi connectivity index (χ3n) is 1.77. The highest BCUT2D eigenvalue weighted by Crippen LogP contribution is 2.32. The molecule has 4 nitrogen and oxygen atoms in total. The minimum atomic E-state index is -4.49. The Labute approximate surface area is 95.9 Å². The maximum Gasteiger partial charge on any atom is 0.416 e. The number of nitrogens with one attached hydrogen (secondary N) is 1. The van der Waals surface area contributed by atoms with Crippen molar-refractivity contribution in [3.63, 3.8) is 0 Å². The molecule has 1 aromatic heterocycles. The first kappa shape index (κ1) is 13.1. The zero-order chi connectivity index (χ0) is 12.9. The topological polar surface area (TPSA) is 60.2 Å². The van der Waals surface area contributed by atoms with Gasteiger partial charge in [-0.25, -0.2) is 5.84 Å². The Hall–Kier alpha value is -1.94. The van der Waals surface area contributed by atoms with Gasteiger partial charge in [0, 0.05) is 12.5 Å². The zero-order valence-electron chi connectivity index (χ0n) is 8.71. The van der Waals surface area contributed by atoms with Crippen LogP contribution < -0.4 is 16.0 Å². The fourth-order valence-corrected chi connectivity index (χ4v) is 1.03. The number of hydrazine groups is 1. The highest BCUT2D eigenvalue weighted by Gasteiger charge is 2.31. The first-order valence-electron chi connectivity index (χ1n) is 4.59. The van der Waals surface area contributed by atoms with Crippen LogP contribution in [0.3, 0.4) is 0 Å². The molecule has 0 saturated carbocycles. The average molecular weight is 245 g/mol. The van der Waals surface area contributed by atoms with E-state index in [0.29, 0.717) is 0 Å². The molecule has 0 bridgehead atoms. The van der Waals surface area contributed by atoms with Gasteiger partial charge in [-0.2, -0.15) is 18.2 Å². The van der Waals surface area contributed by atoms with E-state index in [1.165, 1.54) is 0 Å². The molecular formula is C10H10F3N3O. The third kappa shape index (κ3) is 3.85. The van der Waals surface area contributed by atoms with E-state index in [4.69, 9.17) is 17.0 Å². The van der Waals surface area contributed by atoms with Crippen LogP contribution in [0.5, 0.6) is 5.88 Å². The molecule has 0 saturated heterocycles. The number of anilines is 1. The number of nitrogens with zero attached hydrogens (tertiary/aromatic N) is 1. The van der Waals surface area contributed by atoms with Gasteiger partial charge in [-0.05, 0) is 6.07 Å². The number of hydrogen-bond donors (Lipinski definition) is 2. The quantitative estimate of drug-likeness (QED) is 0.367. The summed E-state index contributed by atoms with van der Waals surface area (Å²) < 4.78 is 42.4. The predicted octanol–water partition coefficient (Wildman–Crippen LogP) is 1.79. The van der Waals surface area contributed by atoms with Gasteiger partial charge in [-0.15, -0.1) is 12.3 Å². The molecule has 1 rings (SSSR count). The summed E-state index contributed by atoms with van der Waals surface area (Å²) in [6.07, 6.45) is 0.779. The van der Waals surface area contributed by atoms with Crippen molar-refractivity contribution in [2.75, 3.05) is 12.0 Å². The minimum absolute atomic E-state index is 0.0921. The van der Waals surface area contributed by atoms with Crippen LogP contribution in [0.25, 0.3) is 0 Å². The first-order chi connectivity index (χ1) is 7.97. The smallest absolute Gasteiger partial charge is 0.416 e. The molecule has 0 unspecified atom stereocenters. The molecule has 0 fully saturated rings. The Balaban J connectivity index is 2.94. The van der Waals surface area contributed by atoms with Crippen LogP contribution in [0.1, 0.15) is 12.0 Å². The summed E-state index contributed by atoms with van der Waals surface area (Å²) >= 11 is 0. The molecular weight excluding hydrogens is 235 g/mol. The van der Waals surface area contributed by atoms with E-state index in [-0.39, 0.29) is 24.7 Å². The molecule has 0 aromatic carbocycles. The molecule has 0 aliphatic carbocycles. The number of nitrogens with two attached hydrogens (primary N) is 1. The van der Waals surface area contributed by atoms with Crippen molar-refractivity contribution in [1.82, 2.24) is 4.98 Å². The minimum Gasteiger partial charge on any atom is -0.477 e. The molecule has 7 heteroatoms. The number of terminal acetylenes is 1. The van der Waals surface area contributed by atoms with Crippen molar-refractivity contribution in [3.05, 3.63) is 17.7 Å². The summed E-state index contributed by atoms with van der Waals surface area (Å²) in [6, 6.07) is 1.57. The lowest BCUT2D eigenvalue weighted by Gasteiger charge is -2.11. The molecule has 1 aromatic rings. The van der Waals surface area contributed by atoms with Crippen molar-refractivity contribution in [3.8, 4) is 18.2 Å². The van der Waals surface area contributed by atoms with Crippen LogP contribution in [-0.4, -0.2) is 11.6 Å². The van der Waals surface area contributed by atoms with Crippen molar-refractivity contribution in [1.29, 1.82) is 0 Å². The fourth-order valence-electron chi connectivity index (χ4n) is 1.03. The Morgan fingerprint density at radius 2 is 2.18 bits per heavy atom. The second kappa shape index (κ2) is 5.41. The molecule has 0 radical (unpaired) electrons. The van der Waals surface area contributed by atoms with Gasteiger partial charge in [-0.3, -0.25) is 0 Å². The Kier molecular flexibility index (Phi) is 4.17. The van der Waals surface area contributed by atoms with Gasteiger partial charge in [0.1, 0.15) is 12.4 Å². The van der Waals surface area contributed by atoms with Crippen LogP contribution in [0.2, 0.25) is 0 Å². The summed E-state index contributed by atoms with van der Waals surface area (Å²) in [4.78, 5) is 3.71. The van der Waals surface area contributed by atoms with E-state index >= 15 is 0 Å². The number of nitrogen functional groups attached to an aromatic ring is 1. The summed E-state index contributed by atoms with van der Waals surface area (Å²) in [5.41, 5.74) is 1.15. The molecule has 0 atom stereocenters. The predicted molar refractivity (Wildman–Crippen MR) is 56.0 cm³/mol. The normalized spacial score (nSPS) is 10.8. The van der Waals surface area contributed by atoms with Gasteiger partial charge in [0.05, 0.1) is 5.56 Å². The van der Waals surface area contributed by atoms with Crippen LogP contribution in [0, 0.1) is 12.3 Å². The molecule has 0 aliphatic rings. The van der Waals surface area contributed by atoms with Crippen LogP contribution in [0.4, 0.5) is 19.0 Å². The van der Waals surface area contributed by atoms with Crippen LogP contribution in [0.15, 0.2) is 12.1 Å². The number of halogens is 3. The van der Waals surface area contributed by atoms with E-state index in [2.05, 4.69) is 10.9 Å². The number of pyridine rings is 1. The second-order valence-corrected chi connectivity index (χ2v) is 3.02. The van der Waals surface area contributed by atoms with E-state index in [1.54, 1.807) is 0 Å². The van der Waals surface area contributed by atoms with Crippen molar-refractivity contribution < 1.29 is 17.9 Å². The maximum atomic E-state index is 12.5. The standard InChI is InChI=1S/C10H10F3N3O/c1-2-3-4-17-9-6-7(10(11,12)13)5-8(15-9)16-14/h1,5-6H,3-4,14H2,(H,15,16). The zero-order valence-corrected chi connectivity index (χ0v) is 8.71. The van der Waals surface area contributed by atoms with Crippen molar-refractivity contribution >= 4 is 5.82 Å². The molecule has 0 aliphatic heterocycles. The lowest BCUT2D eigenvalue weighted by molar-refractivity contribution is -0.137. The number of aromatic nitrogens is 1. The van der Waals surface area contributed by atoms with Gasteiger partial charge < -0.3 is 10.2 Å². The Morgan fingerprint density at radius 3 is 2.71 bits per heavy atom. The van der Waals surface area contributed by atoms with Gasteiger partial charge in [-0.1, -0.05) is 0 Å². The third-order valence-corrected chi connectivity index (χ3v) is 1.77. The number of alkyl halides is 3. The molecule has 3 N–H and O–H groups in total. The summed E-state index contributed by atoms with van der Waals surface area (Å²) in [5.74, 6) is 7.01. The monoisotopic (exact) mass is 245 g/mol. The van der Waals surface area contributed by atoms with Gasteiger partial charge in [0.2, 0.25) is 5.88 Å². The number of ether oxygens (including phenoxy) is 1. The number of rotatable bonds is 4. The summed E-state index contributed by atoms with van der Waals surface area (Å²) in [5, 5.41) is 0. The number of hydrogen-bond acceptors (Lipinski definition) is 4. The van der Waals surface area contributed by atoms with E-state index in [9.17, 15) is 13.2 Å². The van der Waals surface area contributed by atoms with Crippen molar-refractivity contribution in [2.24, 2.45) is 5.84 Å². The average Bonchev–Trinajstić information content (AvgIpc) is 2.28. The van der Waals surface area contributed by atoms with Gasteiger partial charge in [0.25, 0.3) is 0 Å². The molecule has 92 valence electrons. The molecule has 1 heterocycles. The first-order valence-corrected chi connectivity index (χ1v) is 4.59. The largest absolute Gasteiger partial charge is 0.477 e. The lowest BCUT2D eigenvalue weighted by Crippen LogP contribution is -2.13. The molecule has 17 heavy (non-hydrogen) atoms. The van der Waals surface area contributed by atoms with Gasteiger partial charge >= 0.3 is 6.18 Å². The van der Waals surface area contributed by atoms with Gasteiger partial charge in [0.15, 0.2) is 0 Å². The van der Waals surface area contributed by atoms with Crippen molar-refractivity contribution in [2.45, 2.75) is 12.6 Å². The van der Waals surface area contributed by atoms with Crippen LogP contribution >= 0.6 is 0 Å². The van der Waals surface area contributed by atoms with E-state index in [1.807, 2.05) is 5.43 Å². The molecule has 0 spiro atoms. The fraction of sp³-hybridized carbons (Fsp3) is 0.300. The summed E-state index contributed by atoms with van der Waals surface area (Å²) in [7, 11) is 0. The second-order valence-electron chi connectivity index (χ2n) is 3.02. The Morgan fingerprint density at radius 1 is 1.47 bits per heavy atom. The lowest BCUT2D eigenvalue weighted by atomic mass is 10.2. The van der Waals surface area contributed by atoms with Crippen LogP contribution in [-0.2, 0) is 6.18 Å². The highest BCUT2D eigenvalue weighted by molar-refractivity contribution is 5.41. The summed E-state index contributed by atoms with van der Waals surface area (Å²) in [6.45, 7) is 0.0921. The Bertz CT molecular complexity index is 426. The SMILES string of the molecule is C#CCCOc1cc(C(F)(F)F)cc(NN)n1. The van der Waals surface area contributed by atoms with E-state index in [0.717, 1.165) is 12.1 Å².